The number of benzene rings is 2. The minimum atomic E-state index is 0.749. The van der Waals surface area contributed by atoms with E-state index in [1.54, 1.807) is 0 Å². The molecule has 0 spiro atoms. The van der Waals surface area contributed by atoms with Gasteiger partial charge in [0.1, 0.15) is 5.75 Å². The van der Waals surface area contributed by atoms with Gasteiger partial charge in [-0.25, -0.2) is 0 Å². The summed E-state index contributed by atoms with van der Waals surface area (Å²) in [4.78, 5) is 0. The van der Waals surface area contributed by atoms with E-state index in [1.807, 2.05) is 37.3 Å². The summed E-state index contributed by atoms with van der Waals surface area (Å²) >= 11 is 4.22. The van der Waals surface area contributed by atoms with Gasteiger partial charge in [0, 0.05) is 0 Å². The lowest BCUT2D eigenvalue weighted by Gasteiger charge is -2.09. The van der Waals surface area contributed by atoms with Gasteiger partial charge >= 0.3 is 0 Å². The summed E-state index contributed by atoms with van der Waals surface area (Å²) in [5.41, 5.74) is 4.10. The van der Waals surface area contributed by atoms with Crippen LogP contribution in [0.4, 0.5) is 11.4 Å². The molecule has 2 aromatic carbocycles. The predicted molar refractivity (Wildman–Crippen MR) is 104 cm³/mol. The third kappa shape index (κ3) is 6.00. The van der Waals surface area contributed by atoms with Crippen molar-refractivity contribution in [1.82, 2.24) is 0 Å². The molecule has 4 heteroatoms. The van der Waals surface area contributed by atoms with Gasteiger partial charge in [0.05, 0.1) is 18.0 Å². The van der Waals surface area contributed by atoms with Gasteiger partial charge in [0.15, 0.2) is 0 Å². The molecule has 0 aliphatic heterocycles. The number of rotatable bonds is 9. The van der Waals surface area contributed by atoms with Gasteiger partial charge in [0.2, 0.25) is 0 Å². The van der Waals surface area contributed by atoms with Gasteiger partial charge in [-0.15, -0.1) is 0 Å². The Balaban J connectivity index is 1.91. The average Bonchev–Trinajstić information content (AvgIpc) is 2.61. The monoisotopic (exact) mass is 342 g/mol. The molecule has 0 unspecified atom stereocenters. The molecular formula is C20H26N2OS. The number of azo groups is 1. The van der Waals surface area contributed by atoms with Crippen LogP contribution in [0.15, 0.2) is 52.7 Å². The summed E-state index contributed by atoms with van der Waals surface area (Å²) in [6, 6.07) is 14.1. The zero-order valence-corrected chi connectivity index (χ0v) is 15.4. The normalized spacial score (nSPS) is 11.1. The molecule has 2 rings (SSSR count). The predicted octanol–water partition coefficient (Wildman–Crippen LogP) is 6.45. The maximum Gasteiger partial charge on any atom is 0.122 e. The summed E-state index contributed by atoms with van der Waals surface area (Å²) in [6.45, 7) is 4.93. The van der Waals surface area contributed by atoms with Crippen molar-refractivity contribution in [1.29, 1.82) is 0 Å². The fraction of sp³-hybridized carbons (Fsp3) is 0.400. The summed E-state index contributed by atoms with van der Waals surface area (Å²) in [5, 5.41) is 8.61. The highest BCUT2D eigenvalue weighted by molar-refractivity contribution is 7.80. The molecule has 0 aliphatic rings. The van der Waals surface area contributed by atoms with Gasteiger partial charge < -0.3 is 4.74 Å². The van der Waals surface area contributed by atoms with Crippen molar-refractivity contribution in [3.63, 3.8) is 0 Å². The molecule has 0 aromatic heterocycles. The Morgan fingerprint density at radius 1 is 0.917 bits per heavy atom. The second-order valence-corrected chi connectivity index (χ2v) is 6.25. The van der Waals surface area contributed by atoms with E-state index in [9.17, 15) is 0 Å². The van der Waals surface area contributed by atoms with Gasteiger partial charge in [-0.1, -0.05) is 19.1 Å². The minimum absolute atomic E-state index is 0.749. The number of hydrogen-bond donors (Lipinski definition) is 1. The van der Waals surface area contributed by atoms with E-state index in [2.05, 4.69) is 41.9 Å². The van der Waals surface area contributed by atoms with Crippen LogP contribution < -0.4 is 4.74 Å². The fourth-order valence-corrected chi connectivity index (χ4v) is 2.57. The number of unbranched alkanes of at least 4 members (excludes halogenated alkanes) is 2. The number of thiol groups is 1. The SMILES string of the molecule is CCc1ccc(N=Nc2ccc(OCCCCCS)c(C)c2)cc1. The van der Waals surface area contributed by atoms with Crippen LogP contribution in [0.2, 0.25) is 0 Å². The van der Waals surface area contributed by atoms with E-state index in [0.29, 0.717) is 0 Å². The number of nitrogens with zero attached hydrogens (tertiary/aromatic N) is 2. The van der Waals surface area contributed by atoms with Crippen LogP contribution in [-0.4, -0.2) is 12.4 Å². The van der Waals surface area contributed by atoms with Crippen LogP contribution in [0, 0.1) is 6.92 Å². The fourth-order valence-electron chi connectivity index (χ4n) is 2.34. The highest BCUT2D eigenvalue weighted by Gasteiger charge is 2.01. The van der Waals surface area contributed by atoms with E-state index in [0.717, 1.165) is 60.7 Å². The molecule has 0 radical (unpaired) electrons. The number of ether oxygens (including phenoxy) is 1. The standard InChI is InChI=1S/C20H26N2OS/c1-3-17-7-9-18(10-8-17)21-22-19-11-12-20(16(2)15-19)23-13-5-4-6-14-24/h7-12,15,24H,3-6,13-14H2,1-2H3. The van der Waals surface area contributed by atoms with Crippen molar-refractivity contribution in [3.8, 4) is 5.75 Å². The van der Waals surface area contributed by atoms with Crippen LogP contribution in [0.25, 0.3) is 0 Å². The molecule has 0 heterocycles. The molecule has 0 atom stereocenters. The summed E-state index contributed by atoms with van der Waals surface area (Å²) in [7, 11) is 0. The van der Waals surface area contributed by atoms with Crippen LogP contribution in [0.3, 0.4) is 0 Å². The van der Waals surface area contributed by atoms with E-state index < -0.39 is 0 Å². The van der Waals surface area contributed by atoms with Gasteiger partial charge in [-0.2, -0.15) is 22.9 Å². The molecule has 24 heavy (non-hydrogen) atoms. The Bertz CT molecular complexity index is 653. The van der Waals surface area contributed by atoms with Crippen molar-refractivity contribution < 1.29 is 4.74 Å². The molecule has 3 nitrogen and oxygen atoms in total. The van der Waals surface area contributed by atoms with Crippen LogP contribution >= 0.6 is 12.6 Å². The smallest absolute Gasteiger partial charge is 0.122 e. The molecule has 0 N–H and O–H groups in total. The van der Waals surface area contributed by atoms with Crippen LogP contribution in [0.5, 0.6) is 5.75 Å². The first-order chi connectivity index (χ1) is 11.7. The lowest BCUT2D eigenvalue weighted by Crippen LogP contribution is -1.98. The lowest BCUT2D eigenvalue weighted by atomic mass is 10.2. The Hall–Kier alpha value is -1.81. The Labute approximate surface area is 150 Å². The molecule has 2 aromatic rings. The molecule has 128 valence electrons. The molecule has 0 bridgehead atoms. The maximum absolute atomic E-state index is 5.83. The van der Waals surface area contributed by atoms with Crippen molar-refractivity contribution in [3.05, 3.63) is 53.6 Å². The largest absolute Gasteiger partial charge is 0.493 e. The number of aryl methyl sites for hydroxylation is 2. The van der Waals surface area contributed by atoms with Gasteiger partial charge in [-0.05, 0) is 79.8 Å². The third-order valence-electron chi connectivity index (χ3n) is 3.84. The van der Waals surface area contributed by atoms with Crippen molar-refractivity contribution in [2.24, 2.45) is 10.2 Å². The molecule has 0 aliphatic carbocycles. The second kappa shape index (κ2) is 10.1. The van der Waals surface area contributed by atoms with E-state index in [1.165, 1.54) is 5.56 Å². The molecule has 0 fully saturated rings. The first-order valence-corrected chi connectivity index (χ1v) is 9.21. The van der Waals surface area contributed by atoms with E-state index >= 15 is 0 Å². The highest BCUT2D eigenvalue weighted by Crippen LogP contribution is 2.25. The van der Waals surface area contributed by atoms with Crippen molar-refractivity contribution in [2.75, 3.05) is 12.4 Å². The molecule has 0 saturated carbocycles. The highest BCUT2D eigenvalue weighted by atomic mass is 32.1. The first-order valence-electron chi connectivity index (χ1n) is 8.58. The minimum Gasteiger partial charge on any atom is -0.493 e. The number of hydrogen-bond acceptors (Lipinski definition) is 4. The zero-order chi connectivity index (χ0) is 17.2. The zero-order valence-electron chi connectivity index (χ0n) is 14.5. The topological polar surface area (TPSA) is 34.0 Å². The Kier molecular flexibility index (Phi) is 7.83. The Morgan fingerprint density at radius 3 is 2.29 bits per heavy atom. The maximum atomic E-state index is 5.83. The molecular weight excluding hydrogens is 316 g/mol. The van der Waals surface area contributed by atoms with Gasteiger partial charge in [-0.3, -0.25) is 0 Å². The molecule has 0 saturated heterocycles. The summed E-state index contributed by atoms with van der Waals surface area (Å²) in [6.07, 6.45) is 4.40. The average molecular weight is 343 g/mol. The molecule has 0 amide bonds. The Morgan fingerprint density at radius 2 is 1.62 bits per heavy atom. The quantitative estimate of drug-likeness (QED) is 0.317. The lowest BCUT2D eigenvalue weighted by molar-refractivity contribution is 0.304. The van der Waals surface area contributed by atoms with Crippen molar-refractivity contribution in [2.45, 2.75) is 39.5 Å². The first kappa shape index (κ1) is 18.5. The second-order valence-electron chi connectivity index (χ2n) is 5.80. The van der Waals surface area contributed by atoms with E-state index in [4.69, 9.17) is 4.74 Å². The summed E-state index contributed by atoms with van der Waals surface area (Å²) in [5.74, 6) is 1.87. The van der Waals surface area contributed by atoms with E-state index in [-0.39, 0.29) is 0 Å². The van der Waals surface area contributed by atoms with Crippen molar-refractivity contribution >= 4 is 24.0 Å². The van der Waals surface area contributed by atoms with Crippen LogP contribution in [0.1, 0.15) is 37.3 Å². The summed E-state index contributed by atoms with van der Waals surface area (Å²) < 4.78 is 5.83. The van der Waals surface area contributed by atoms with Crippen LogP contribution in [-0.2, 0) is 6.42 Å². The third-order valence-corrected chi connectivity index (χ3v) is 4.16. The van der Waals surface area contributed by atoms with Gasteiger partial charge in [0.25, 0.3) is 0 Å².